The van der Waals surface area contributed by atoms with Gasteiger partial charge < -0.3 is 20.3 Å². The number of guanidine groups is 1. The summed E-state index contributed by atoms with van der Waals surface area (Å²) in [5.41, 5.74) is 5.58. The molecule has 2 fully saturated rings. The zero-order valence-electron chi connectivity index (χ0n) is 20.4. The quantitative estimate of drug-likeness (QED) is 0.239. The Labute approximate surface area is 214 Å². The highest BCUT2D eigenvalue weighted by Crippen LogP contribution is 2.37. The molecule has 1 unspecified atom stereocenters. The molecular formula is C24H29F6N5O3. The number of aromatic nitrogens is 2. The van der Waals surface area contributed by atoms with Crippen molar-refractivity contribution >= 4 is 11.9 Å². The number of aliphatic carboxylic acids is 1. The van der Waals surface area contributed by atoms with Crippen molar-refractivity contribution in [3.8, 4) is 11.4 Å². The van der Waals surface area contributed by atoms with E-state index in [9.17, 15) is 26.3 Å². The van der Waals surface area contributed by atoms with Crippen LogP contribution in [0.4, 0.5) is 26.3 Å². The zero-order valence-corrected chi connectivity index (χ0v) is 20.4. The monoisotopic (exact) mass is 549 g/mol. The van der Waals surface area contributed by atoms with E-state index < -0.39 is 23.9 Å². The Morgan fingerprint density at radius 3 is 2.34 bits per heavy atom. The number of alkyl halides is 6. The van der Waals surface area contributed by atoms with Crippen LogP contribution in [0.15, 0.2) is 22.7 Å². The first-order valence-electron chi connectivity index (χ1n) is 12.2. The van der Waals surface area contributed by atoms with Gasteiger partial charge in [0.25, 0.3) is 0 Å². The highest BCUT2D eigenvalue weighted by molar-refractivity contribution is 5.75. The Bertz CT molecular complexity index is 1110. The van der Waals surface area contributed by atoms with Crippen molar-refractivity contribution in [3.05, 3.63) is 35.2 Å². The number of nitrogens with zero attached hydrogens (tertiary/aromatic N) is 3. The number of likely N-dealkylation sites (tertiary alicyclic amines) is 1. The van der Waals surface area contributed by atoms with E-state index in [0.717, 1.165) is 31.7 Å². The third-order valence-corrected chi connectivity index (χ3v) is 6.75. The normalized spacial score (nSPS) is 18.7. The molecule has 14 heteroatoms. The molecule has 0 radical (unpaired) electrons. The van der Waals surface area contributed by atoms with Crippen LogP contribution in [-0.2, 0) is 17.4 Å². The van der Waals surface area contributed by atoms with Crippen molar-refractivity contribution in [3.63, 3.8) is 0 Å². The Morgan fingerprint density at radius 2 is 1.76 bits per heavy atom. The number of hydrogen-bond donors (Lipinski definition) is 3. The fourth-order valence-corrected chi connectivity index (χ4v) is 4.83. The van der Waals surface area contributed by atoms with E-state index in [4.69, 9.17) is 25.6 Å². The fourth-order valence-electron chi connectivity index (χ4n) is 4.83. The number of halogens is 6. The number of aryl methyl sites for hydroxylation is 1. The minimum absolute atomic E-state index is 0.0797. The van der Waals surface area contributed by atoms with Crippen LogP contribution in [0.3, 0.4) is 0 Å². The maximum atomic E-state index is 13.8. The van der Waals surface area contributed by atoms with Gasteiger partial charge in [-0.2, -0.15) is 31.3 Å². The summed E-state index contributed by atoms with van der Waals surface area (Å²) in [6.45, 7) is 0.617. The molecular weight excluding hydrogens is 520 g/mol. The highest BCUT2D eigenvalue weighted by atomic mass is 19.4. The molecule has 2 aromatic rings. The van der Waals surface area contributed by atoms with E-state index in [-0.39, 0.29) is 29.3 Å². The van der Waals surface area contributed by atoms with Crippen molar-refractivity contribution in [2.75, 3.05) is 6.54 Å². The van der Waals surface area contributed by atoms with Gasteiger partial charge in [-0.25, -0.2) is 4.79 Å². The van der Waals surface area contributed by atoms with Gasteiger partial charge in [-0.05, 0) is 43.2 Å². The molecule has 8 nitrogen and oxygen atoms in total. The second-order valence-electron chi connectivity index (χ2n) is 9.41. The summed E-state index contributed by atoms with van der Waals surface area (Å²) in [5, 5.41) is 18.7. The number of nitrogens with two attached hydrogens (primary N) is 1. The lowest BCUT2D eigenvalue weighted by Gasteiger charge is -2.22. The first kappa shape index (κ1) is 29.2. The molecule has 1 atom stereocenters. The lowest BCUT2D eigenvalue weighted by molar-refractivity contribution is -0.192. The molecule has 1 aromatic heterocycles. The molecule has 1 saturated carbocycles. The lowest BCUT2D eigenvalue weighted by atomic mass is 9.84. The average Bonchev–Trinajstić information content (AvgIpc) is 3.52. The highest BCUT2D eigenvalue weighted by Gasteiger charge is 2.38. The van der Waals surface area contributed by atoms with E-state index in [0.29, 0.717) is 30.9 Å². The minimum atomic E-state index is -5.08. The predicted octanol–water partition coefficient (Wildman–Crippen LogP) is 5.93. The molecule has 1 aromatic carbocycles. The molecule has 0 spiro atoms. The van der Waals surface area contributed by atoms with E-state index >= 15 is 0 Å². The Hall–Kier alpha value is -3.32. The third kappa shape index (κ3) is 7.60. The van der Waals surface area contributed by atoms with Gasteiger partial charge in [0.05, 0.1) is 5.56 Å². The fraction of sp³-hybridized carbons (Fsp3) is 0.583. The summed E-state index contributed by atoms with van der Waals surface area (Å²) < 4.78 is 78.4. The van der Waals surface area contributed by atoms with Crippen molar-refractivity contribution in [1.82, 2.24) is 15.0 Å². The molecule has 2 heterocycles. The van der Waals surface area contributed by atoms with Gasteiger partial charge in [0.1, 0.15) is 6.04 Å². The van der Waals surface area contributed by atoms with E-state index in [1.54, 1.807) is 17.0 Å². The van der Waals surface area contributed by atoms with Crippen molar-refractivity contribution in [2.24, 2.45) is 11.7 Å². The van der Waals surface area contributed by atoms with E-state index in [1.165, 1.54) is 19.3 Å². The summed E-state index contributed by atoms with van der Waals surface area (Å²) in [5.74, 6) is -1.92. The lowest BCUT2D eigenvalue weighted by Crippen LogP contribution is -2.35. The van der Waals surface area contributed by atoms with Crippen LogP contribution in [0.2, 0.25) is 0 Å². The number of benzene rings is 1. The van der Waals surface area contributed by atoms with Gasteiger partial charge in [0.2, 0.25) is 11.7 Å². The van der Waals surface area contributed by atoms with Gasteiger partial charge in [0, 0.05) is 12.1 Å². The number of hydrogen-bond acceptors (Lipinski definition) is 5. The topological polar surface area (TPSA) is 129 Å². The number of carbonyl (C=O) groups is 1. The molecule has 4 N–H and O–H groups in total. The summed E-state index contributed by atoms with van der Waals surface area (Å²) in [4.78, 5) is 14.9. The second-order valence-corrected chi connectivity index (χ2v) is 9.41. The SMILES string of the molecule is N=C(N)N1CCCC1c1nc(-c2ccc(CCC3CCCCC3)c(C(F)(F)F)c2)no1.O=C(O)C(F)(F)F. The second kappa shape index (κ2) is 12.0. The molecule has 4 rings (SSSR count). The summed E-state index contributed by atoms with van der Waals surface area (Å²) >= 11 is 0. The molecule has 38 heavy (non-hydrogen) atoms. The van der Waals surface area contributed by atoms with Crippen LogP contribution in [0.1, 0.15) is 74.4 Å². The van der Waals surface area contributed by atoms with E-state index in [1.807, 2.05) is 0 Å². The van der Waals surface area contributed by atoms with Gasteiger partial charge >= 0.3 is 18.3 Å². The predicted molar refractivity (Wildman–Crippen MR) is 124 cm³/mol. The van der Waals surface area contributed by atoms with E-state index in [2.05, 4.69) is 10.1 Å². The Kier molecular flexibility index (Phi) is 9.26. The van der Waals surface area contributed by atoms with Gasteiger partial charge in [-0.15, -0.1) is 0 Å². The maximum Gasteiger partial charge on any atom is 0.490 e. The molecule has 1 aliphatic carbocycles. The molecule has 0 amide bonds. The standard InChI is InChI=1S/C22H28F3N5O.C2HF3O2/c23-22(24,25)17-13-16(11-10-15(17)9-8-14-5-2-1-3-6-14)19-28-20(31-29-19)18-7-4-12-30(18)21(26)27;3-2(4,5)1(6)7/h10-11,13-14,18H,1-9,12H2,(H3,26,27);(H,6,7). The Balaban J connectivity index is 0.000000505. The van der Waals surface area contributed by atoms with Crippen LogP contribution >= 0.6 is 0 Å². The van der Waals surface area contributed by atoms with Crippen LogP contribution in [0, 0.1) is 11.3 Å². The molecule has 1 aliphatic heterocycles. The maximum absolute atomic E-state index is 13.8. The van der Waals surface area contributed by atoms with Gasteiger partial charge in [-0.3, -0.25) is 5.41 Å². The molecule has 210 valence electrons. The summed E-state index contributed by atoms with van der Waals surface area (Å²) in [6, 6.07) is 4.00. The minimum Gasteiger partial charge on any atom is -0.475 e. The van der Waals surface area contributed by atoms with Gasteiger partial charge in [0.15, 0.2) is 5.96 Å². The summed E-state index contributed by atoms with van der Waals surface area (Å²) in [7, 11) is 0. The summed E-state index contributed by atoms with van der Waals surface area (Å²) in [6.07, 6.45) is -0.962. The van der Waals surface area contributed by atoms with Crippen molar-refractivity contribution in [2.45, 2.75) is 76.2 Å². The van der Waals surface area contributed by atoms with Crippen LogP contribution in [-0.4, -0.2) is 44.8 Å². The third-order valence-electron chi connectivity index (χ3n) is 6.75. The largest absolute Gasteiger partial charge is 0.490 e. The van der Waals surface area contributed by atoms with Crippen molar-refractivity contribution < 1.29 is 40.8 Å². The van der Waals surface area contributed by atoms with Crippen LogP contribution in [0.25, 0.3) is 11.4 Å². The molecule has 0 bridgehead atoms. The average molecular weight is 550 g/mol. The number of rotatable bonds is 5. The van der Waals surface area contributed by atoms with Gasteiger partial charge in [-0.1, -0.05) is 49.4 Å². The first-order chi connectivity index (χ1) is 17.8. The smallest absolute Gasteiger partial charge is 0.475 e. The first-order valence-corrected chi connectivity index (χ1v) is 12.2. The van der Waals surface area contributed by atoms with Crippen LogP contribution < -0.4 is 5.73 Å². The molecule has 2 aliphatic rings. The number of nitrogens with one attached hydrogen (secondary N) is 1. The van der Waals surface area contributed by atoms with Crippen molar-refractivity contribution in [1.29, 1.82) is 5.41 Å². The Morgan fingerprint density at radius 1 is 1.11 bits per heavy atom. The zero-order chi connectivity index (χ0) is 28.1. The number of carboxylic acids is 1. The van der Waals surface area contributed by atoms with Crippen LogP contribution in [0.5, 0.6) is 0 Å². The number of carboxylic acid groups (broad SMARTS) is 1. The molecule has 1 saturated heterocycles.